The first kappa shape index (κ1) is 15.1. The molecule has 2 rings (SSSR count). The third-order valence-electron chi connectivity index (χ3n) is 2.61. The molecule has 0 aliphatic carbocycles. The van der Waals surface area contributed by atoms with Gasteiger partial charge in [-0.2, -0.15) is 0 Å². The van der Waals surface area contributed by atoms with E-state index in [1.165, 1.54) is 29.2 Å². The highest BCUT2D eigenvalue weighted by molar-refractivity contribution is 5.97. The standard InChI is InChI=1S/C11H10F2N2O2.C2H6/c12-8-1-3-9(4-2-8)15-6-5-14(11(13)17)7-10(15)16;1-2/h1-4H,5-7H2;1-2H3. The molecule has 1 fully saturated rings. The fourth-order valence-corrected chi connectivity index (χ4v) is 1.72. The molecule has 19 heavy (non-hydrogen) atoms. The van der Waals surface area contributed by atoms with Crippen LogP contribution in [0.4, 0.5) is 19.3 Å². The number of rotatable bonds is 1. The van der Waals surface area contributed by atoms with Crippen molar-refractivity contribution >= 4 is 17.8 Å². The minimum absolute atomic E-state index is 0.137. The van der Waals surface area contributed by atoms with E-state index in [1.807, 2.05) is 13.8 Å². The van der Waals surface area contributed by atoms with Crippen LogP contribution in [-0.4, -0.2) is 36.6 Å². The summed E-state index contributed by atoms with van der Waals surface area (Å²) in [5, 5.41) is 0. The molecule has 2 amide bonds. The molecule has 0 atom stereocenters. The van der Waals surface area contributed by atoms with Crippen molar-refractivity contribution in [3.8, 4) is 0 Å². The fourth-order valence-electron chi connectivity index (χ4n) is 1.72. The van der Waals surface area contributed by atoms with E-state index in [0.717, 1.165) is 4.90 Å². The number of piperazine rings is 1. The van der Waals surface area contributed by atoms with Crippen LogP contribution in [0.3, 0.4) is 0 Å². The predicted octanol–water partition coefficient (Wildman–Crippen LogP) is 2.59. The first-order chi connectivity index (χ1) is 9.08. The van der Waals surface area contributed by atoms with Gasteiger partial charge in [-0.25, -0.2) is 9.18 Å². The van der Waals surface area contributed by atoms with Gasteiger partial charge in [0.25, 0.3) is 0 Å². The minimum Gasteiger partial charge on any atom is -0.309 e. The lowest BCUT2D eigenvalue weighted by Crippen LogP contribution is -2.51. The van der Waals surface area contributed by atoms with Crippen molar-refractivity contribution in [2.24, 2.45) is 0 Å². The molecule has 1 heterocycles. The van der Waals surface area contributed by atoms with E-state index >= 15 is 0 Å². The monoisotopic (exact) mass is 270 g/mol. The van der Waals surface area contributed by atoms with Crippen molar-refractivity contribution in [1.82, 2.24) is 4.90 Å². The van der Waals surface area contributed by atoms with Crippen LogP contribution in [0.25, 0.3) is 0 Å². The molecule has 0 unspecified atom stereocenters. The highest BCUT2D eigenvalue weighted by atomic mass is 19.1. The molecule has 0 saturated carbocycles. The quantitative estimate of drug-likeness (QED) is 0.581. The number of hydrogen-bond acceptors (Lipinski definition) is 2. The molecule has 0 spiro atoms. The number of amides is 2. The van der Waals surface area contributed by atoms with Crippen molar-refractivity contribution in [1.29, 1.82) is 0 Å². The molecule has 0 radical (unpaired) electrons. The number of carbonyl (C=O) groups excluding carboxylic acids is 2. The topological polar surface area (TPSA) is 40.6 Å². The Labute approximate surface area is 110 Å². The molecule has 1 aliphatic rings. The molecule has 0 bridgehead atoms. The lowest BCUT2D eigenvalue weighted by Gasteiger charge is -2.32. The maximum Gasteiger partial charge on any atom is 0.400 e. The number of halogens is 2. The summed E-state index contributed by atoms with van der Waals surface area (Å²) in [4.78, 5) is 24.4. The summed E-state index contributed by atoms with van der Waals surface area (Å²) in [6.45, 7) is 4.06. The van der Waals surface area contributed by atoms with Crippen LogP contribution in [0.5, 0.6) is 0 Å². The molecule has 0 N–H and O–H groups in total. The predicted molar refractivity (Wildman–Crippen MR) is 68.2 cm³/mol. The second-order valence-corrected chi connectivity index (χ2v) is 3.70. The lowest BCUT2D eigenvalue weighted by atomic mass is 10.2. The van der Waals surface area contributed by atoms with Gasteiger partial charge in [0.05, 0.1) is 0 Å². The number of anilines is 1. The van der Waals surface area contributed by atoms with Gasteiger partial charge in [0.15, 0.2) is 0 Å². The average Bonchev–Trinajstić information content (AvgIpc) is 2.42. The van der Waals surface area contributed by atoms with Crippen molar-refractivity contribution in [2.75, 3.05) is 24.5 Å². The van der Waals surface area contributed by atoms with Crippen molar-refractivity contribution in [3.63, 3.8) is 0 Å². The van der Waals surface area contributed by atoms with Crippen LogP contribution < -0.4 is 4.90 Å². The molecule has 104 valence electrons. The molecule has 1 saturated heterocycles. The van der Waals surface area contributed by atoms with Gasteiger partial charge in [-0.1, -0.05) is 13.8 Å². The van der Waals surface area contributed by atoms with E-state index in [1.54, 1.807) is 0 Å². The Kier molecular flexibility index (Phi) is 5.41. The Morgan fingerprint density at radius 2 is 1.74 bits per heavy atom. The zero-order valence-electron chi connectivity index (χ0n) is 10.9. The summed E-state index contributed by atoms with van der Waals surface area (Å²) in [6, 6.07) is 5.44. The third-order valence-corrected chi connectivity index (χ3v) is 2.61. The zero-order valence-corrected chi connectivity index (χ0v) is 10.9. The van der Waals surface area contributed by atoms with Gasteiger partial charge in [0.1, 0.15) is 12.4 Å². The Morgan fingerprint density at radius 3 is 2.21 bits per heavy atom. The molecule has 1 aromatic rings. The van der Waals surface area contributed by atoms with Gasteiger partial charge < -0.3 is 9.80 Å². The Balaban J connectivity index is 0.000000861. The lowest BCUT2D eigenvalue weighted by molar-refractivity contribution is -0.120. The van der Waals surface area contributed by atoms with Crippen LogP contribution in [-0.2, 0) is 4.79 Å². The number of carbonyl (C=O) groups is 2. The highest BCUT2D eigenvalue weighted by Crippen LogP contribution is 2.17. The number of nitrogens with zero attached hydrogens (tertiary/aromatic N) is 2. The average molecular weight is 270 g/mol. The van der Waals surface area contributed by atoms with Crippen molar-refractivity contribution in [2.45, 2.75) is 13.8 Å². The van der Waals surface area contributed by atoms with Crippen LogP contribution in [0.1, 0.15) is 13.8 Å². The van der Waals surface area contributed by atoms with Gasteiger partial charge in [0.2, 0.25) is 5.91 Å². The SMILES string of the molecule is CC.O=C(F)N1CCN(c2ccc(F)cc2)C(=O)C1. The summed E-state index contributed by atoms with van der Waals surface area (Å²) in [5.74, 6) is -0.771. The largest absolute Gasteiger partial charge is 0.400 e. The Bertz CT molecular complexity index is 448. The third kappa shape index (κ3) is 3.74. The molecule has 0 aromatic heterocycles. The molecule has 1 aromatic carbocycles. The second-order valence-electron chi connectivity index (χ2n) is 3.70. The summed E-state index contributed by atoms with van der Waals surface area (Å²) < 4.78 is 25.1. The Morgan fingerprint density at radius 1 is 1.16 bits per heavy atom. The van der Waals surface area contributed by atoms with Gasteiger partial charge in [-0.3, -0.25) is 4.79 Å². The fraction of sp³-hybridized carbons (Fsp3) is 0.385. The van der Waals surface area contributed by atoms with E-state index in [-0.39, 0.29) is 25.5 Å². The van der Waals surface area contributed by atoms with Crippen molar-refractivity contribution < 1.29 is 18.4 Å². The van der Waals surface area contributed by atoms with E-state index in [0.29, 0.717) is 5.69 Å². The van der Waals surface area contributed by atoms with E-state index < -0.39 is 12.0 Å². The maximum atomic E-state index is 12.7. The minimum atomic E-state index is -1.60. The van der Waals surface area contributed by atoms with Gasteiger partial charge in [-0.05, 0) is 24.3 Å². The normalized spacial score (nSPS) is 14.8. The van der Waals surface area contributed by atoms with E-state index in [9.17, 15) is 18.4 Å². The second kappa shape index (κ2) is 6.82. The number of benzene rings is 1. The van der Waals surface area contributed by atoms with Crippen LogP contribution in [0.15, 0.2) is 24.3 Å². The Hall–Kier alpha value is -1.98. The molecular formula is C13H16F2N2O2. The van der Waals surface area contributed by atoms with Gasteiger partial charge >= 0.3 is 6.16 Å². The van der Waals surface area contributed by atoms with Gasteiger partial charge in [0, 0.05) is 18.8 Å². The van der Waals surface area contributed by atoms with Gasteiger partial charge in [-0.15, -0.1) is 4.39 Å². The van der Waals surface area contributed by atoms with E-state index in [2.05, 4.69) is 0 Å². The molecule has 4 nitrogen and oxygen atoms in total. The van der Waals surface area contributed by atoms with Crippen molar-refractivity contribution in [3.05, 3.63) is 30.1 Å². The summed E-state index contributed by atoms with van der Waals surface area (Å²) in [6.07, 6.45) is -1.60. The molecule has 6 heteroatoms. The summed E-state index contributed by atoms with van der Waals surface area (Å²) in [5.41, 5.74) is 0.544. The number of hydrogen-bond donors (Lipinski definition) is 0. The van der Waals surface area contributed by atoms with Crippen LogP contribution in [0, 0.1) is 5.82 Å². The van der Waals surface area contributed by atoms with Crippen LogP contribution in [0.2, 0.25) is 0 Å². The highest BCUT2D eigenvalue weighted by Gasteiger charge is 2.27. The van der Waals surface area contributed by atoms with Crippen LogP contribution >= 0.6 is 0 Å². The zero-order chi connectivity index (χ0) is 14.4. The molecular weight excluding hydrogens is 254 g/mol. The summed E-state index contributed by atoms with van der Waals surface area (Å²) in [7, 11) is 0. The maximum absolute atomic E-state index is 12.7. The summed E-state index contributed by atoms with van der Waals surface area (Å²) >= 11 is 0. The molecule has 1 aliphatic heterocycles. The van der Waals surface area contributed by atoms with E-state index in [4.69, 9.17) is 0 Å². The first-order valence-corrected chi connectivity index (χ1v) is 6.08. The smallest absolute Gasteiger partial charge is 0.309 e. The first-order valence-electron chi connectivity index (χ1n) is 6.08.